The summed E-state index contributed by atoms with van der Waals surface area (Å²) in [5.74, 6) is -0.587. The number of H-pyrrole nitrogens is 1. The number of esters is 1. The Morgan fingerprint density at radius 1 is 1.62 bits per heavy atom. The van der Waals surface area contributed by atoms with Crippen LogP contribution in [-0.4, -0.2) is 47.2 Å². The molecule has 0 aromatic carbocycles. The number of aromatic nitrogens is 2. The van der Waals surface area contributed by atoms with Crippen molar-refractivity contribution in [2.24, 2.45) is 0 Å². The molecule has 0 aliphatic heterocycles. The van der Waals surface area contributed by atoms with Crippen LogP contribution >= 0.6 is 0 Å². The number of rotatable bonds is 4. The standard InChI is InChI=1S/C9H14N4O3/c1-3-16-8(14)5-13(2)9(15)6-4-7(10)12-11-6/h4H,3,5H2,1-2H3,(H3,10,11,12). The Hall–Kier alpha value is -2.05. The molecule has 88 valence electrons. The molecule has 0 saturated carbocycles. The van der Waals surface area contributed by atoms with E-state index in [1.807, 2.05) is 0 Å². The fraction of sp³-hybridized carbons (Fsp3) is 0.444. The molecule has 0 atom stereocenters. The van der Waals surface area contributed by atoms with E-state index in [-0.39, 0.29) is 30.6 Å². The van der Waals surface area contributed by atoms with Crippen molar-refractivity contribution >= 4 is 17.7 Å². The third-order valence-corrected chi connectivity index (χ3v) is 1.85. The summed E-state index contributed by atoms with van der Waals surface area (Å²) in [7, 11) is 1.50. The summed E-state index contributed by atoms with van der Waals surface area (Å²) in [6, 6.07) is 1.41. The number of hydrogen-bond donors (Lipinski definition) is 2. The van der Waals surface area contributed by atoms with Gasteiger partial charge in [0.1, 0.15) is 18.1 Å². The predicted molar refractivity (Wildman–Crippen MR) is 56.6 cm³/mol. The molecule has 1 heterocycles. The van der Waals surface area contributed by atoms with E-state index < -0.39 is 5.97 Å². The maximum absolute atomic E-state index is 11.7. The van der Waals surface area contributed by atoms with Crippen molar-refractivity contribution in [3.63, 3.8) is 0 Å². The molecule has 0 spiro atoms. The Kier molecular flexibility index (Phi) is 3.87. The average Bonchev–Trinajstić information content (AvgIpc) is 2.64. The monoisotopic (exact) mass is 226 g/mol. The molecule has 0 saturated heterocycles. The second kappa shape index (κ2) is 5.15. The van der Waals surface area contributed by atoms with Gasteiger partial charge in [0.05, 0.1) is 6.61 Å². The molecule has 0 aliphatic carbocycles. The van der Waals surface area contributed by atoms with Crippen LogP contribution in [-0.2, 0) is 9.53 Å². The van der Waals surface area contributed by atoms with Crippen LogP contribution in [0.1, 0.15) is 17.4 Å². The molecule has 3 N–H and O–H groups in total. The number of nitrogens with zero attached hydrogens (tertiary/aromatic N) is 2. The van der Waals surface area contributed by atoms with Crippen LogP contribution in [0.4, 0.5) is 5.82 Å². The molecule has 1 amide bonds. The topological polar surface area (TPSA) is 101 Å². The summed E-state index contributed by atoms with van der Waals surface area (Å²) in [6.45, 7) is 1.89. The van der Waals surface area contributed by atoms with Crippen LogP contribution in [0.25, 0.3) is 0 Å². The molecule has 0 bridgehead atoms. The van der Waals surface area contributed by atoms with Crippen LogP contribution in [0.2, 0.25) is 0 Å². The number of ether oxygens (including phenoxy) is 1. The first-order chi connectivity index (χ1) is 7.54. The lowest BCUT2D eigenvalue weighted by Gasteiger charge is -2.14. The van der Waals surface area contributed by atoms with Crippen LogP contribution in [0.5, 0.6) is 0 Å². The summed E-state index contributed by atoms with van der Waals surface area (Å²) < 4.78 is 4.72. The third kappa shape index (κ3) is 2.97. The van der Waals surface area contributed by atoms with Gasteiger partial charge in [0.25, 0.3) is 5.91 Å². The minimum absolute atomic E-state index is 0.106. The lowest BCUT2D eigenvalue weighted by atomic mass is 10.3. The van der Waals surface area contributed by atoms with Gasteiger partial charge in [-0.2, -0.15) is 5.10 Å². The van der Waals surface area contributed by atoms with E-state index >= 15 is 0 Å². The van der Waals surface area contributed by atoms with Gasteiger partial charge in [-0.3, -0.25) is 14.7 Å². The van der Waals surface area contributed by atoms with Crippen molar-refractivity contribution in [2.75, 3.05) is 25.9 Å². The summed E-state index contributed by atoms with van der Waals surface area (Å²) in [5, 5.41) is 6.10. The van der Waals surface area contributed by atoms with E-state index in [9.17, 15) is 9.59 Å². The Balaban J connectivity index is 2.57. The summed E-state index contributed by atoms with van der Waals surface area (Å²) in [5.41, 5.74) is 5.60. The molecule has 16 heavy (non-hydrogen) atoms. The molecule has 0 radical (unpaired) electrons. The second-order valence-electron chi connectivity index (χ2n) is 3.17. The predicted octanol–water partition coefficient (Wildman–Crippen LogP) is -0.373. The van der Waals surface area contributed by atoms with Gasteiger partial charge in [-0.15, -0.1) is 0 Å². The molecule has 0 aliphatic rings. The lowest BCUT2D eigenvalue weighted by Crippen LogP contribution is -2.33. The maximum atomic E-state index is 11.7. The molecule has 0 unspecified atom stereocenters. The van der Waals surface area contributed by atoms with Crippen molar-refractivity contribution in [1.82, 2.24) is 15.1 Å². The molecule has 0 fully saturated rings. The van der Waals surface area contributed by atoms with Crippen molar-refractivity contribution < 1.29 is 14.3 Å². The Bertz CT molecular complexity index is 388. The number of carbonyl (C=O) groups excluding carboxylic acids is 2. The zero-order chi connectivity index (χ0) is 12.1. The zero-order valence-electron chi connectivity index (χ0n) is 9.19. The van der Waals surface area contributed by atoms with Crippen molar-refractivity contribution in [1.29, 1.82) is 0 Å². The summed E-state index contributed by atoms with van der Waals surface area (Å²) >= 11 is 0. The van der Waals surface area contributed by atoms with Crippen LogP contribution in [0.3, 0.4) is 0 Å². The summed E-state index contributed by atoms with van der Waals surface area (Å²) in [6.07, 6.45) is 0. The number of amides is 1. The number of carbonyl (C=O) groups is 2. The fourth-order valence-electron chi connectivity index (χ4n) is 1.12. The number of nitrogen functional groups attached to an aromatic ring is 1. The fourth-order valence-corrected chi connectivity index (χ4v) is 1.12. The van der Waals surface area contributed by atoms with Gasteiger partial charge in [-0.25, -0.2) is 0 Å². The molecule has 1 aromatic heterocycles. The third-order valence-electron chi connectivity index (χ3n) is 1.85. The number of nitrogens with two attached hydrogens (primary N) is 1. The van der Waals surface area contributed by atoms with Crippen molar-refractivity contribution in [2.45, 2.75) is 6.92 Å². The van der Waals surface area contributed by atoms with Gasteiger partial charge < -0.3 is 15.4 Å². The molecule has 7 nitrogen and oxygen atoms in total. The van der Waals surface area contributed by atoms with E-state index in [2.05, 4.69) is 10.2 Å². The van der Waals surface area contributed by atoms with Crippen LogP contribution < -0.4 is 5.73 Å². The average molecular weight is 226 g/mol. The Labute approximate surface area is 92.6 Å². The first-order valence-electron chi connectivity index (χ1n) is 4.76. The number of hydrogen-bond acceptors (Lipinski definition) is 5. The minimum atomic E-state index is -0.453. The van der Waals surface area contributed by atoms with Gasteiger partial charge >= 0.3 is 5.97 Å². The normalized spacial score (nSPS) is 9.88. The highest BCUT2D eigenvalue weighted by Crippen LogP contribution is 2.03. The molecular formula is C9H14N4O3. The van der Waals surface area contributed by atoms with Gasteiger partial charge in [0, 0.05) is 13.1 Å². The lowest BCUT2D eigenvalue weighted by molar-refractivity contribution is -0.143. The van der Waals surface area contributed by atoms with E-state index in [1.165, 1.54) is 18.0 Å². The van der Waals surface area contributed by atoms with Crippen LogP contribution in [0.15, 0.2) is 6.07 Å². The smallest absolute Gasteiger partial charge is 0.325 e. The van der Waals surface area contributed by atoms with Crippen molar-refractivity contribution in [3.8, 4) is 0 Å². The van der Waals surface area contributed by atoms with Crippen molar-refractivity contribution in [3.05, 3.63) is 11.8 Å². The Morgan fingerprint density at radius 3 is 2.81 bits per heavy atom. The maximum Gasteiger partial charge on any atom is 0.325 e. The highest BCUT2D eigenvalue weighted by Gasteiger charge is 2.17. The highest BCUT2D eigenvalue weighted by molar-refractivity contribution is 5.94. The van der Waals surface area contributed by atoms with E-state index in [0.717, 1.165) is 0 Å². The number of likely N-dealkylation sites (N-methyl/N-ethyl adjacent to an activating group) is 1. The van der Waals surface area contributed by atoms with Gasteiger partial charge in [-0.05, 0) is 6.92 Å². The molecule has 7 heteroatoms. The first kappa shape index (κ1) is 12.0. The largest absolute Gasteiger partial charge is 0.465 e. The van der Waals surface area contributed by atoms with E-state index in [0.29, 0.717) is 0 Å². The second-order valence-corrected chi connectivity index (χ2v) is 3.17. The number of nitrogens with one attached hydrogen (secondary N) is 1. The quantitative estimate of drug-likeness (QED) is 0.682. The Morgan fingerprint density at radius 2 is 2.31 bits per heavy atom. The summed E-state index contributed by atoms with van der Waals surface area (Å²) in [4.78, 5) is 24.0. The molecular weight excluding hydrogens is 212 g/mol. The van der Waals surface area contributed by atoms with Gasteiger partial charge in [-0.1, -0.05) is 0 Å². The van der Waals surface area contributed by atoms with E-state index in [4.69, 9.17) is 10.5 Å². The molecule has 1 rings (SSSR count). The zero-order valence-corrected chi connectivity index (χ0v) is 9.19. The first-order valence-corrected chi connectivity index (χ1v) is 4.76. The van der Waals surface area contributed by atoms with Gasteiger partial charge in [0.2, 0.25) is 0 Å². The highest BCUT2D eigenvalue weighted by atomic mass is 16.5. The minimum Gasteiger partial charge on any atom is -0.465 e. The molecule has 1 aromatic rings. The number of anilines is 1. The SMILES string of the molecule is CCOC(=O)CN(C)C(=O)c1cc(N)n[nH]1. The van der Waals surface area contributed by atoms with Gasteiger partial charge in [0.15, 0.2) is 0 Å². The number of aromatic amines is 1. The van der Waals surface area contributed by atoms with Crippen LogP contribution in [0, 0.1) is 0 Å². The van der Waals surface area contributed by atoms with E-state index in [1.54, 1.807) is 6.92 Å².